The Morgan fingerprint density at radius 3 is 2.70 bits per heavy atom. The zero-order valence-electron chi connectivity index (χ0n) is 11.1. The topological polar surface area (TPSA) is 28.2 Å². The van der Waals surface area contributed by atoms with Gasteiger partial charge in [-0.3, -0.25) is 4.90 Å². The van der Waals surface area contributed by atoms with Crippen LogP contribution in [-0.2, 0) is 6.54 Å². The van der Waals surface area contributed by atoms with Crippen molar-refractivity contribution in [3.05, 3.63) is 41.4 Å². The maximum atomic E-state index is 4.37. The predicted octanol–water partition coefficient (Wildman–Crippen LogP) is 3.06. The van der Waals surface area contributed by atoms with Gasteiger partial charge in [0.2, 0.25) is 0 Å². The number of nitrogens with one attached hydrogen (secondary N) is 1. The summed E-state index contributed by atoms with van der Waals surface area (Å²) in [5.74, 6) is 0. The normalized spacial score (nSPS) is 15.2. The molecule has 0 atom stereocenters. The predicted molar refractivity (Wildman–Crippen MR) is 90.2 cm³/mol. The first-order chi connectivity index (χ1) is 8.92. The highest BCUT2D eigenvalue weighted by molar-refractivity contribution is 7.13. The molecular weight excluding hydrogens is 313 g/mol. The molecule has 1 aromatic carbocycles. The third kappa shape index (κ3) is 4.43. The highest BCUT2D eigenvalue weighted by atomic mass is 35.5. The molecular formula is C14H19Cl2N3S. The first-order valence-corrected chi connectivity index (χ1v) is 7.22. The molecule has 0 bridgehead atoms. The van der Waals surface area contributed by atoms with Crippen LogP contribution >= 0.6 is 36.2 Å². The molecule has 6 heteroatoms. The minimum Gasteiger partial charge on any atom is -0.314 e. The SMILES string of the molecule is Cl.Cl.c1cc(CN2CCNCC2)cc(-c2nccs2)c1. The zero-order valence-corrected chi connectivity index (χ0v) is 13.6. The maximum absolute atomic E-state index is 4.37. The van der Waals surface area contributed by atoms with Crippen LogP contribution in [0.2, 0.25) is 0 Å². The van der Waals surface area contributed by atoms with Gasteiger partial charge in [-0.1, -0.05) is 18.2 Å². The van der Waals surface area contributed by atoms with E-state index in [9.17, 15) is 0 Å². The van der Waals surface area contributed by atoms with Crippen molar-refractivity contribution in [3.63, 3.8) is 0 Å². The molecule has 0 amide bonds. The van der Waals surface area contributed by atoms with Gasteiger partial charge in [0.05, 0.1) is 0 Å². The molecule has 1 saturated heterocycles. The molecule has 1 fully saturated rings. The van der Waals surface area contributed by atoms with Crippen molar-refractivity contribution < 1.29 is 0 Å². The van der Waals surface area contributed by atoms with Gasteiger partial charge in [0.25, 0.3) is 0 Å². The van der Waals surface area contributed by atoms with E-state index >= 15 is 0 Å². The molecule has 0 unspecified atom stereocenters. The van der Waals surface area contributed by atoms with E-state index in [1.807, 2.05) is 11.6 Å². The number of benzene rings is 1. The molecule has 3 nitrogen and oxygen atoms in total. The van der Waals surface area contributed by atoms with E-state index in [1.54, 1.807) is 11.3 Å². The lowest BCUT2D eigenvalue weighted by Gasteiger charge is -2.27. The standard InChI is InChI=1S/C14H17N3S.2ClH/c1-2-12(11-17-7-4-15-5-8-17)10-13(3-1)14-16-6-9-18-14;;/h1-3,6,9-10,15H,4-5,7-8,11H2;2*1H. The first kappa shape index (κ1) is 17.4. The fraction of sp³-hybridized carbons (Fsp3) is 0.357. The number of halogens is 2. The highest BCUT2D eigenvalue weighted by Crippen LogP contribution is 2.23. The van der Waals surface area contributed by atoms with Crippen molar-refractivity contribution >= 4 is 36.2 Å². The van der Waals surface area contributed by atoms with E-state index in [4.69, 9.17) is 0 Å². The third-order valence-electron chi connectivity index (χ3n) is 3.22. The largest absolute Gasteiger partial charge is 0.314 e. The van der Waals surface area contributed by atoms with Gasteiger partial charge < -0.3 is 5.32 Å². The summed E-state index contributed by atoms with van der Waals surface area (Å²) in [6, 6.07) is 8.74. The number of hydrogen-bond acceptors (Lipinski definition) is 4. The van der Waals surface area contributed by atoms with Crippen LogP contribution in [0.5, 0.6) is 0 Å². The van der Waals surface area contributed by atoms with Crippen molar-refractivity contribution in [1.82, 2.24) is 15.2 Å². The van der Waals surface area contributed by atoms with Gasteiger partial charge >= 0.3 is 0 Å². The third-order valence-corrected chi connectivity index (χ3v) is 4.04. The van der Waals surface area contributed by atoms with Crippen molar-refractivity contribution in [2.45, 2.75) is 6.54 Å². The Hall–Kier alpha value is -0.650. The lowest BCUT2D eigenvalue weighted by molar-refractivity contribution is 0.233. The molecule has 1 N–H and O–H groups in total. The van der Waals surface area contributed by atoms with Crippen LogP contribution in [-0.4, -0.2) is 36.1 Å². The number of aromatic nitrogens is 1. The molecule has 0 spiro atoms. The molecule has 0 saturated carbocycles. The molecule has 1 aliphatic heterocycles. The Bertz CT molecular complexity index is 499. The van der Waals surface area contributed by atoms with Crippen LogP contribution in [0.1, 0.15) is 5.56 Å². The van der Waals surface area contributed by atoms with Crippen molar-refractivity contribution in [1.29, 1.82) is 0 Å². The van der Waals surface area contributed by atoms with Crippen LogP contribution in [0.25, 0.3) is 10.6 Å². The number of hydrogen-bond donors (Lipinski definition) is 1. The van der Waals surface area contributed by atoms with Gasteiger partial charge in [-0.25, -0.2) is 4.98 Å². The number of thiazole rings is 1. The van der Waals surface area contributed by atoms with E-state index in [2.05, 4.69) is 39.5 Å². The summed E-state index contributed by atoms with van der Waals surface area (Å²) in [6.07, 6.45) is 1.86. The number of piperazine rings is 1. The van der Waals surface area contributed by atoms with Gasteiger partial charge in [0.1, 0.15) is 5.01 Å². The lowest BCUT2D eigenvalue weighted by Crippen LogP contribution is -2.42. The molecule has 1 aromatic heterocycles. The van der Waals surface area contributed by atoms with E-state index in [1.165, 1.54) is 11.1 Å². The molecule has 2 heterocycles. The van der Waals surface area contributed by atoms with Gasteiger partial charge in [0.15, 0.2) is 0 Å². The second-order valence-electron chi connectivity index (χ2n) is 4.56. The van der Waals surface area contributed by atoms with E-state index in [0.717, 1.165) is 37.7 Å². The smallest absolute Gasteiger partial charge is 0.123 e. The minimum atomic E-state index is 0. The summed E-state index contributed by atoms with van der Waals surface area (Å²) in [5.41, 5.74) is 2.61. The number of nitrogens with zero attached hydrogens (tertiary/aromatic N) is 2. The van der Waals surface area contributed by atoms with E-state index in [-0.39, 0.29) is 24.8 Å². The second-order valence-corrected chi connectivity index (χ2v) is 5.46. The Morgan fingerprint density at radius 1 is 1.20 bits per heavy atom. The monoisotopic (exact) mass is 331 g/mol. The quantitative estimate of drug-likeness (QED) is 0.936. The summed E-state index contributed by atoms with van der Waals surface area (Å²) < 4.78 is 0. The average molecular weight is 332 g/mol. The Kier molecular flexibility index (Phi) is 7.48. The summed E-state index contributed by atoms with van der Waals surface area (Å²) in [4.78, 5) is 6.87. The minimum absolute atomic E-state index is 0. The van der Waals surface area contributed by atoms with Crippen molar-refractivity contribution in [2.24, 2.45) is 0 Å². The van der Waals surface area contributed by atoms with Gasteiger partial charge in [0, 0.05) is 49.9 Å². The molecule has 0 radical (unpaired) electrons. The van der Waals surface area contributed by atoms with Crippen LogP contribution < -0.4 is 5.32 Å². The first-order valence-electron chi connectivity index (χ1n) is 6.34. The summed E-state index contributed by atoms with van der Waals surface area (Å²) in [5, 5.41) is 6.52. The Labute approximate surface area is 136 Å². The fourth-order valence-electron chi connectivity index (χ4n) is 2.30. The number of rotatable bonds is 3. The zero-order chi connectivity index (χ0) is 12.2. The Morgan fingerprint density at radius 2 is 2.00 bits per heavy atom. The second kappa shape index (κ2) is 8.60. The van der Waals surface area contributed by atoms with E-state index in [0.29, 0.717) is 0 Å². The molecule has 20 heavy (non-hydrogen) atoms. The summed E-state index contributed by atoms with van der Waals surface area (Å²) in [7, 11) is 0. The van der Waals surface area contributed by atoms with Crippen LogP contribution in [0.15, 0.2) is 35.8 Å². The van der Waals surface area contributed by atoms with E-state index < -0.39 is 0 Å². The average Bonchev–Trinajstić information content (AvgIpc) is 2.94. The molecule has 110 valence electrons. The Balaban J connectivity index is 0.000001000. The van der Waals surface area contributed by atoms with Crippen LogP contribution in [0.3, 0.4) is 0 Å². The molecule has 2 aromatic rings. The summed E-state index contributed by atoms with van der Waals surface area (Å²) in [6.45, 7) is 5.53. The maximum Gasteiger partial charge on any atom is 0.123 e. The van der Waals surface area contributed by atoms with Crippen molar-refractivity contribution in [2.75, 3.05) is 26.2 Å². The van der Waals surface area contributed by atoms with Gasteiger partial charge in [-0.2, -0.15) is 0 Å². The van der Waals surface area contributed by atoms with Crippen LogP contribution in [0, 0.1) is 0 Å². The molecule has 0 aliphatic carbocycles. The van der Waals surface area contributed by atoms with Gasteiger partial charge in [-0.15, -0.1) is 36.2 Å². The molecule has 3 rings (SSSR count). The van der Waals surface area contributed by atoms with Crippen LogP contribution in [0.4, 0.5) is 0 Å². The van der Waals surface area contributed by atoms with Gasteiger partial charge in [-0.05, 0) is 11.6 Å². The highest BCUT2D eigenvalue weighted by Gasteiger charge is 2.10. The molecule has 1 aliphatic rings. The lowest BCUT2D eigenvalue weighted by atomic mass is 10.1. The fourth-order valence-corrected chi connectivity index (χ4v) is 2.93. The van der Waals surface area contributed by atoms with Crippen molar-refractivity contribution in [3.8, 4) is 10.6 Å². The summed E-state index contributed by atoms with van der Waals surface area (Å²) >= 11 is 1.70.